The molecule has 0 saturated carbocycles. The SMILES string of the molecule is CNc1nc(NC(C)CCCO)nc(N2CCCCC2)n1. The van der Waals surface area contributed by atoms with Crippen LogP contribution in [0, 0.1) is 0 Å². The molecular weight excluding hydrogens is 268 g/mol. The zero-order valence-corrected chi connectivity index (χ0v) is 13.0. The van der Waals surface area contributed by atoms with Crippen molar-refractivity contribution >= 4 is 17.8 Å². The second kappa shape index (κ2) is 7.97. The fraction of sp³-hybridized carbons (Fsp3) is 0.786. The lowest BCUT2D eigenvalue weighted by Gasteiger charge is -2.27. The van der Waals surface area contributed by atoms with Gasteiger partial charge < -0.3 is 20.6 Å². The maximum absolute atomic E-state index is 8.89. The van der Waals surface area contributed by atoms with E-state index in [2.05, 4.69) is 37.4 Å². The highest BCUT2D eigenvalue weighted by Gasteiger charge is 2.16. The maximum atomic E-state index is 8.89. The van der Waals surface area contributed by atoms with Gasteiger partial charge in [-0.3, -0.25) is 0 Å². The van der Waals surface area contributed by atoms with Gasteiger partial charge >= 0.3 is 0 Å². The van der Waals surface area contributed by atoms with Gasteiger partial charge in [-0.25, -0.2) is 0 Å². The van der Waals surface area contributed by atoms with Gasteiger partial charge in [0.1, 0.15) is 0 Å². The molecule has 3 N–H and O–H groups in total. The molecule has 1 aliphatic heterocycles. The smallest absolute Gasteiger partial charge is 0.231 e. The van der Waals surface area contributed by atoms with Gasteiger partial charge in [-0.05, 0) is 39.0 Å². The van der Waals surface area contributed by atoms with Gasteiger partial charge in [-0.15, -0.1) is 0 Å². The van der Waals surface area contributed by atoms with Gasteiger partial charge in [-0.1, -0.05) is 0 Å². The zero-order chi connectivity index (χ0) is 15.1. The Morgan fingerprint density at radius 1 is 1.14 bits per heavy atom. The third-order valence-electron chi connectivity index (χ3n) is 3.66. The Morgan fingerprint density at radius 2 is 1.86 bits per heavy atom. The molecule has 2 rings (SSSR count). The molecule has 0 spiro atoms. The number of anilines is 3. The normalized spacial score (nSPS) is 16.6. The molecule has 0 radical (unpaired) electrons. The standard InChI is InChI=1S/C14H26N6O/c1-11(7-6-10-21)16-13-17-12(15-2)18-14(19-13)20-8-4-3-5-9-20/h11,21H,3-10H2,1-2H3,(H2,15,16,17,18,19). The summed E-state index contributed by atoms with van der Waals surface area (Å²) in [7, 11) is 1.81. The molecule has 0 amide bonds. The molecule has 1 fully saturated rings. The monoisotopic (exact) mass is 294 g/mol. The number of rotatable bonds is 7. The van der Waals surface area contributed by atoms with E-state index in [9.17, 15) is 0 Å². The molecular formula is C14H26N6O. The average Bonchev–Trinajstić information content (AvgIpc) is 2.53. The van der Waals surface area contributed by atoms with Crippen LogP contribution >= 0.6 is 0 Å². The van der Waals surface area contributed by atoms with Crippen molar-refractivity contribution in [2.75, 3.05) is 42.3 Å². The van der Waals surface area contributed by atoms with Crippen LogP contribution in [0.5, 0.6) is 0 Å². The predicted molar refractivity (Wildman–Crippen MR) is 84.8 cm³/mol. The van der Waals surface area contributed by atoms with Crippen molar-refractivity contribution < 1.29 is 5.11 Å². The Bertz CT molecular complexity index is 435. The Labute approximate surface area is 126 Å². The summed E-state index contributed by atoms with van der Waals surface area (Å²) in [6.45, 7) is 4.29. The first-order valence-corrected chi connectivity index (χ1v) is 7.79. The molecule has 21 heavy (non-hydrogen) atoms. The van der Waals surface area contributed by atoms with Crippen LogP contribution < -0.4 is 15.5 Å². The van der Waals surface area contributed by atoms with Crippen molar-refractivity contribution in [3.05, 3.63) is 0 Å². The third-order valence-corrected chi connectivity index (χ3v) is 3.66. The molecule has 0 aromatic carbocycles. The van der Waals surface area contributed by atoms with E-state index in [1.165, 1.54) is 19.3 Å². The minimum absolute atomic E-state index is 0.212. The topological polar surface area (TPSA) is 86.2 Å². The van der Waals surface area contributed by atoms with Gasteiger partial charge in [-0.2, -0.15) is 15.0 Å². The lowest BCUT2D eigenvalue weighted by atomic mass is 10.1. The summed E-state index contributed by atoms with van der Waals surface area (Å²) in [4.78, 5) is 15.6. The van der Waals surface area contributed by atoms with Crippen molar-refractivity contribution in [2.24, 2.45) is 0 Å². The van der Waals surface area contributed by atoms with E-state index in [1.54, 1.807) is 0 Å². The lowest BCUT2D eigenvalue weighted by molar-refractivity contribution is 0.282. The number of aliphatic hydroxyl groups is 1. The predicted octanol–water partition coefficient (Wildman–Crippen LogP) is 1.48. The first-order chi connectivity index (χ1) is 10.2. The van der Waals surface area contributed by atoms with Crippen molar-refractivity contribution in [3.8, 4) is 0 Å². The van der Waals surface area contributed by atoms with Crippen LogP contribution in [0.2, 0.25) is 0 Å². The summed E-state index contributed by atoms with van der Waals surface area (Å²) in [5, 5.41) is 15.2. The maximum Gasteiger partial charge on any atom is 0.231 e. The van der Waals surface area contributed by atoms with Crippen LogP contribution in [-0.4, -0.2) is 52.8 Å². The number of hydrogen-bond donors (Lipinski definition) is 3. The molecule has 1 unspecified atom stereocenters. The average molecular weight is 294 g/mol. The molecule has 0 aliphatic carbocycles. The van der Waals surface area contributed by atoms with Crippen LogP contribution in [0.3, 0.4) is 0 Å². The molecule has 7 heteroatoms. The van der Waals surface area contributed by atoms with Gasteiger partial charge in [0.05, 0.1) is 0 Å². The largest absolute Gasteiger partial charge is 0.396 e. The summed E-state index contributed by atoms with van der Waals surface area (Å²) in [5.74, 6) is 1.92. The molecule has 1 aromatic heterocycles. The number of aromatic nitrogens is 3. The van der Waals surface area contributed by atoms with Gasteiger partial charge in [0.25, 0.3) is 0 Å². The lowest BCUT2D eigenvalue weighted by Crippen LogP contribution is -2.31. The zero-order valence-electron chi connectivity index (χ0n) is 13.0. The summed E-state index contributed by atoms with van der Waals surface area (Å²) in [6, 6.07) is 0.221. The minimum atomic E-state index is 0.212. The number of nitrogens with one attached hydrogen (secondary N) is 2. The molecule has 118 valence electrons. The van der Waals surface area contributed by atoms with E-state index in [0.29, 0.717) is 11.9 Å². The number of aliphatic hydroxyl groups excluding tert-OH is 1. The van der Waals surface area contributed by atoms with E-state index in [-0.39, 0.29) is 12.6 Å². The van der Waals surface area contributed by atoms with Crippen LogP contribution in [-0.2, 0) is 0 Å². The Kier molecular flexibility index (Phi) is 5.98. The van der Waals surface area contributed by atoms with Gasteiger partial charge in [0, 0.05) is 32.8 Å². The molecule has 2 heterocycles. The van der Waals surface area contributed by atoms with E-state index >= 15 is 0 Å². The third kappa shape index (κ3) is 4.70. The summed E-state index contributed by atoms with van der Waals surface area (Å²) < 4.78 is 0. The number of nitrogens with zero attached hydrogens (tertiary/aromatic N) is 4. The van der Waals surface area contributed by atoms with Gasteiger partial charge in [0.2, 0.25) is 17.8 Å². The van der Waals surface area contributed by atoms with Crippen LogP contribution in [0.25, 0.3) is 0 Å². The summed E-state index contributed by atoms with van der Waals surface area (Å²) in [6.07, 6.45) is 5.32. The molecule has 7 nitrogen and oxygen atoms in total. The Morgan fingerprint density at radius 3 is 2.52 bits per heavy atom. The highest BCUT2D eigenvalue weighted by Crippen LogP contribution is 2.18. The highest BCUT2D eigenvalue weighted by atomic mass is 16.2. The highest BCUT2D eigenvalue weighted by molar-refractivity contribution is 5.44. The Hall–Kier alpha value is -1.63. The molecule has 1 aromatic rings. The van der Waals surface area contributed by atoms with Crippen molar-refractivity contribution in [1.29, 1.82) is 0 Å². The van der Waals surface area contributed by atoms with Crippen LogP contribution in [0.4, 0.5) is 17.8 Å². The number of piperidine rings is 1. The van der Waals surface area contributed by atoms with Crippen LogP contribution in [0.1, 0.15) is 39.0 Å². The van der Waals surface area contributed by atoms with Crippen molar-refractivity contribution in [2.45, 2.75) is 45.1 Å². The molecule has 1 atom stereocenters. The second-order valence-electron chi connectivity index (χ2n) is 5.49. The van der Waals surface area contributed by atoms with E-state index in [0.717, 1.165) is 31.9 Å². The summed E-state index contributed by atoms with van der Waals surface area (Å²) in [5.41, 5.74) is 0. The summed E-state index contributed by atoms with van der Waals surface area (Å²) >= 11 is 0. The molecule has 0 bridgehead atoms. The van der Waals surface area contributed by atoms with Crippen molar-refractivity contribution in [3.63, 3.8) is 0 Å². The minimum Gasteiger partial charge on any atom is -0.396 e. The Balaban J connectivity index is 2.09. The fourth-order valence-corrected chi connectivity index (χ4v) is 2.47. The molecule has 1 aliphatic rings. The van der Waals surface area contributed by atoms with E-state index < -0.39 is 0 Å². The second-order valence-corrected chi connectivity index (χ2v) is 5.49. The fourth-order valence-electron chi connectivity index (χ4n) is 2.47. The van der Waals surface area contributed by atoms with E-state index in [1.807, 2.05) is 7.05 Å². The van der Waals surface area contributed by atoms with Crippen LogP contribution in [0.15, 0.2) is 0 Å². The quantitative estimate of drug-likeness (QED) is 0.702. The van der Waals surface area contributed by atoms with Crippen molar-refractivity contribution in [1.82, 2.24) is 15.0 Å². The first kappa shape index (κ1) is 15.8. The van der Waals surface area contributed by atoms with Gasteiger partial charge in [0.15, 0.2) is 0 Å². The van der Waals surface area contributed by atoms with E-state index in [4.69, 9.17) is 5.11 Å². The first-order valence-electron chi connectivity index (χ1n) is 7.79. The number of hydrogen-bond acceptors (Lipinski definition) is 7. The molecule has 1 saturated heterocycles.